The van der Waals surface area contributed by atoms with Gasteiger partial charge in [0.05, 0.1) is 26.4 Å². The molecule has 0 heterocycles. The molecule has 0 aromatic rings. The molecule has 0 saturated heterocycles. The van der Waals surface area contributed by atoms with Gasteiger partial charge < -0.3 is 33.8 Å². The fourth-order valence-electron chi connectivity index (χ4n) is 12.7. The number of aliphatic hydroxyl groups excluding tert-OH is 1. The first-order valence-electron chi connectivity index (χ1n) is 42.5. The van der Waals surface area contributed by atoms with E-state index in [2.05, 4.69) is 41.5 Å². The lowest BCUT2D eigenvalue weighted by Crippen LogP contribution is -2.30. The average molecular weight is 1480 g/mol. The van der Waals surface area contributed by atoms with E-state index < -0.39 is 97.5 Å². The van der Waals surface area contributed by atoms with Gasteiger partial charge >= 0.3 is 39.5 Å². The molecule has 0 rings (SSSR count). The van der Waals surface area contributed by atoms with E-state index in [4.69, 9.17) is 37.0 Å². The van der Waals surface area contributed by atoms with Crippen molar-refractivity contribution in [2.24, 2.45) is 11.8 Å². The molecule has 0 aliphatic rings. The third-order valence-corrected chi connectivity index (χ3v) is 21.1. The highest BCUT2D eigenvalue weighted by molar-refractivity contribution is 7.47. The molecule has 0 aromatic carbocycles. The van der Waals surface area contributed by atoms with Crippen molar-refractivity contribution in [2.75, 3.05) is 39.6 Å². The number of rotatable bonds is 81. The van der Waals surface area contributed by atoms with Gasteiger partial charge in [0.25, 0.3) is 0 Å². The fraction of sp³-hybridized carbons (Fsp3) is 0.951. The number of ether oxygens (including phenoxy) is 4. The van der Waals surface area contributed by atoms with E-state index in [-0.39, 0.29) is 25.7 Å². The van der Waals surface area contributed by atoms with Crippen LogP contribution in [0.1, 0.15) is 433 Å². The van der Waals surface area contributed by atoms with Gasteiger partial charge in [-0.15, -0.1) is 0 Å². The fourth-order valence-corrected chi connectivity index (χ4v) is 14.3. The molecule has 600 valence electrons. The Kier molecular flexibility index (Phi) is 72.2. The van der Waals surface area contributed by atoms with Crippen LogP contribution in [0.5, 0.6) is 0 Å². The lowest BCUT2D eigenvalue weighted by atomic mass is 10.0. The molecule has 19 heteroatoms. The van der Waals surface area contributed by atoms with Crippen molar-refractivity contribution in [3.05, 3.63) is 0 Å². The molecule has 3 N–H and O–H groups in total. The van der Waals surface area contributed by atoms with Crippen LogP contribution in [0.25, 0.3) is 0 Å². The maximum absolute atomic E-state index is 13.1. The summed E-state index contributed by atoms with van der Waals surface area (Å²) in [7, 11) is -9.92. The molecule has 0 saturated carbocycles. The highest BCUT2D eigenvalue weighted by Gasteiger charge is 2.30. The summed E-state index contributed by atoms with van der Waals surface area (Å²) >= 11 is 0. The zero-order valence-corrected chi connectivity index (χ0v) is 68.0. The van der Waals surface area contributed by atoms with Crippen molar-refractivity contribution in [3.63, 3.8) is 0 Å². The van der Waals surface area contributed by atoms with Gasteiger partial charge in [0.2, 0.25) is 0 Å². The maximum atomic E-state index is 13.1. The summed E-state index contributed by atoms with van der Waals surface area (Å²) in [5.41, 5.74) is 0. The molecule has 5 atom stereocenters. The molecule has 2 unspecified atom stereocenters. The average Bonchev–Trinajstić information content (AvgIpc) is 0.935. The topological polar surface area (TPSA) is 237 Å². The van der Waals surface area contributed by atoms with E-state index in [1.807, 2.05) is 0 Å². The predicted molar refractivity (Wildman–Crippen MR) is 414 cm³/mol. The molecule has 0 aliphatic heterocycles. The standard InChI is InChI=1S/C82H160O17P2/c1-7-9-11-13-15-17-19-20-21-22-23-24-28-31-34-38-41-45-52-58-64-79(84)92-70-77(98-82(87)67-61-55-47-43-39-35-32-29-26-25-27-30-33-37-40-44-50-56-62-74(3)4)72-96-100(88,89)94-68-76(83)69-95-101(90,91)97-73-78(71-93-80(85)65-59-53-49-48-51-57-63-75(5)6)99-81(86)66-60-54-46-42-36-18-16-14-12-10-8-2/h74-78,83H,7-73H2,1-6H3,(H,88,89)(H,90,91)/t76-,77-,78-/m1/s1. The first-order valence-corrected chi connectivity index (χ1v) is 45.5. The molecule has 0 spiro atoms. The second kappa shape index (κ2) is 73.6. The Morgan fingerprint density at radius 1 is 0.267 bits per heavy atom. The lowest BCUT2D eigenvalue weighted by molar-refractivity contribution is -0.161. The van der Waals surface area contributed by atoms with Gasteiger partial charge in [-0.3, -0.25) is 37.3 Å². The van der Waals surface area contributed by atoms with Gasteiger partial charge in [-0.1, -0.05) is 382 Å². The van der Waals surface area contributed by atoms with Gasteiger partial charge in [-0.2, -0.15) is 0 Å². The number of phosphoric acid groups is 2. The van der Waals surface area contributed by atoms with Crippen LogP contribution in [0, 0.1) is 11.8 Å². The van der Waals surface area contributed by atoms with Crippen LogP contribution in [0.15, 0.2) is 0 Å². The molecule has 0 aliphatic carbocycles. The van der Waals surface area contributed by atoms with Gasteiger partial charge in [-0.05, 0) is 37.5 Å². The summed E-state index contributed by atoms with van der Waals surface area (Å²) in [6.45, 7) is 9.58. The van der Waals surface area contributed by atoms with E-state index in [9.17, 15) is 43.2 Å². The second-order valence-corrected chi connectivity index (χ2v) is 33.4. The maximum Gasteiger partial charge on any atom is 0.472 e. The van der Waals surface area contributed by atoms with Crippen LogP contribution in [-0.4, -0.2) is 96.7 Å². The van der Waals surface area contributed by atoms with Crippen LogP contribution >= 0.6 is 15.6 Å². The Bertz CT molecular complexity index is 1940. The largest absolute Gasteiger partial charge is 0.472 e. The smallest absolute Gasteiger partial charge is 0.462 e. The molecule has 101 heavy (non-hydrogen) atoms. The number of phosphoric ester groups is 2. The van der Waals surface area contributed by atoms with Crippen molar-refractivity contribution >= 4 is 39.5 Å². The number of aliphatic hydroxyl groups is 1. The third-order valence-electron chi connectivity index (χ3n) is 19.2. The van der Waals surface area contributed by atoms with Gasteiger partial charge in [-0.25, -0.2) is 9.13 Å². The van der Waals surface area contributed by atoms with Gasteiger partial charge in [0.15, 0.2) is 12.2 Å². The lowest BCUT2D eigenvalue weighted by Gasteiger charge is -2.21. The van der Waals surface area contributed by atoms with Crippen molar-refractivity contribution in [3.8, 4) is 0 Å². The molecule has 17 nitrogen and oxygen atoms in total. The van der Waals surface area contributed by atoms with Crippen LogP contribution in [0.3, 0.4) is 0 Å². The third kappa shape index (κ3) is 76.1. The van der Waals surface area contributed by atoms with Crippen molar-refractivity contribution in [1.82, 2.24) is 0 Å². The van der Waals surface area contributed by atoms with E-state index in [1.54, 1.807) is 0 Å². The van der Waals surface area contributed by atoms with Crippen molar-refractivity contribution in [1.29, 1.82) is 0 Å². The summed E-state index contributed by atoms with van der Waals surface area (Å²) in [4.78, 5) is 72.9. The Labute approximate surface area is 619 Å². The number of carbonyl (C=O) groups is 4. The van der Waals surface area contributed by atoms with E-state index in [1.165, 1.54) is 244 Å². The van der Waals surface area contributed by atoms with Crippen molar-refractivity contribution in [2.45, 2.75) is 452 Å². The first-order chi connectivity index (χ1) is 48.9. The summed E-state index contributed by atoms with van der Waals surface area (Å²) in [5, 5.41) is 10.6. The minimum absolute atomic E-state index is 0.106. The molecular weight excluding hydrogens is 1320 g/mol. The Hall–Kier alpha value is -1.94. The van der Waals surface area contributed by atoms with E-state index in [0.717, 1.165) is 102 Å². The monoisotopic (exact) mass is 1480 g/mol. The number of carbonyl (C=O) groups excluding carboxylic acids is 4. The van der Waals surface area contributed by atoms with E-state index in [0.29, 0.717) is 31.6 Å². The van der Waals surface area contributed by atoms with Crippen LogP contribution in [-0.2, 0) is 65.4 Å². The van der Waals surface area contributed by atoms with Gasteiger partial charge in [0, 0.05) is 25.7 Å². The highest BCUT2D eigenvalue weighted by Crippen LogP contribution is 2.45. The molecule has 0 radical (unpaired) electrons. The predicted octanol–water partition coefficient (Wildman–Crippen LogP) is 24.7. The quantitative estimate of drug-likeness (QED) is 0.0222. The number of unbranched alkanes of at least 4 members (excludes halogenated alkanes) is 51. The van der Waals surface area contributed by atoms with Crippen LogP contribution in [0.4, 0.5) is 0 Å². The minimum Gasteiger partial charge on any atom is -0.462 e. The van der Waals surface area contributed by atoms with Crippen LogP contribution < -0.4 is 0 Å². The molecule has 0 bridgehead atoms. The molecule has 0 aromatic heterocycles. The summed E-state index contributed by atoms with van der Waals surface area (Å²) < 4.78 is 68.6. The Morgan fingerprint density at radius 3 is 0.673 bits per heavy atom. The molecule has 0 fully saturated rings. The Morgan fingerprint density at radius 2 is 0.455 bits per heavy atom. The minimum atomic E-state index is -4.96. The van der Waals surface area contributed by atoms with Crippen LogP contribution in [0.2, 0.25) is 0 Å². The normalized spacial score (nSPS) is 13.9. The SMILES string of the molecule is CCCCCCCCCCCCCCCCCCCCCCC(=O)OC[C@H](COP(=O)(O)OC[C@@H](O)COP(=O)(O)OC[C@@H](COC(=O)CCCCCCCCC(C)C)OC(=O)CCCCCCCCCCCCC)OC(=O)CCCCCCCCCCCCCCCCCCCCC(C)C. The first kappa shape index (κ1) is 99.1. The summed E-state index contributed by atoms with van der Waals surface area (Å²) in [6.07, 6.45) is 64.2. The van der Waals surface area contributed by atoms with E-state index >= 15 is 0 Å². The zero-order valence-electron chi connectivity index (χ0n) is 66.2. The van der Waals surface area contributed by atoms with Gasteiger partial charge in [0.1, 0.15) is 19.3 Å². The zero-order chi connectivity index (χ0) is 74.2. The summed E-state index contributed by atoms with van der Waals surface area (Å²) in [6, 6.07) is 0. The molecule has 0 amide bonds. The molecular formula is C82H160O17P2. The summed E-state index contributed by atoms with van der Waals surface area (Å²) in [5.74, 6) is -0.611. The van der Waals surface area contributed by atoms with Crippen molar-refractivity contribution < 1.29 is 80.2 Å². The Balaban J connectivity index is 5.18. The second-order valence-electron chi connectivity index (χ2n) is 30.5. The number of esters is 4. The highest BCUT2D eigenvalue weighted by atomic mass is 31.2. The number of hydrogen-bond acceptors (Lipinski definition) is 15. The number of hydrogen-bond donors (Lipinski definition) is 3.